The maximum absolute atomic E-state index is 14.4. The minimum atomic E-state index is -0.908. The number of aliphatic hydroxyl groups excluding tert-OH is 1. The number of nitrogens with zero attached hydrogens (tertiary/aromatic N) is 1. The minimum Gasteiger partial charge on any atom is -0.507 e. The van der Waals surface area contributed by atoms with Crippen LogP contribution in [0.3, 0.4) is 0 Å². The first-order valence-electron chi connectivity index (χ1n) is 11.8. The SMILES string of the molecule is CCCCCOc1ccc(C2C(=C(O)c3ccc(OC)c(F)c3)C(=O)C(=O)N2Cc2ccco2)cc1. The van der Waals surface area contributed by atoms with Crippen LogP contribution in [0.15, 0.2) is 70.9 Å². The lowest BCUT2D eigenvalue weighted by Gasteiger charge is -2.24. The van der Waals surface area contributed by atoms with E-state index in [1.807, 2.05) is 0 Å². The van der Waals surface area contributed by atoms with Crippen molar-refractivity contribution in [2.45, 2.75) is 38.8 Å². The first-order chi connectivity index (χ1) is 17.4. The molecule has 1 aliphatic rings. The summed E-state index contributed by atoms with van der Waals surface area (Å²) >= 11 is 0. The maximum atomic E-state index is 14.4. The molecule has 1 aliphatic heterocycles. The normalized spacial score (nSPS) is 17.0. The summed E-state index contributed by atoms with van der Waals surface area (Å²) in [5.74, 6) is -1.68. The highest BCUT2D eigenvalue weighted by atomic mass is 19.1. The molecule has 7 nitrogen and oxygen atoms in total. The van der Waals surface area contributed by atoms with Gasteiger partial charge in [0.2, 0.25) is 0 Å². The van der Waals surface area contributed by atoms with Crippen molar-refractivity contribution >= 4 is 17.4 Å². The van der Waals surface area contributed by atoms with Crippen LogP contribution in [-0.2, 0) is 16.1 Å². The molecular formula is C28H28FNO6. The highest BCUT2D eigenvalue weighted by Gasteiger charge is 2.46. The molecular weight excluding hydrogens is 465 g/mol. The van der Waals surface area contributed by atoms with Crippen LogP contribution < -0.4 is 9.47 Å². The number of ether oxygens (including phenoxy) is 2. The third-order valence-corrected chi connectivity index (χ3v) is 6.08. The van der Waals surface area contributed by atoms with Gasteiger partial charge in [0.15, 0.2) is 11.6 Å². The van der Waals surface area contributed by atoms with Crippen LogP contribution in [0, 0.1) is 5.82 Å². The largest absolute Gasteiger partial charge is 0.507 e. The van der Waals surface area contributed by atoms with Gasteiger partial charge >= 0.3 is 0 Å². The molecule has 2 heterocycles. The number of ketones is 1. The van der Waals surface area contributed by atoms with Crippen LogP contribution in [-0.4, -0.2) is 35.4 Å². The second-order valence-electron chi connectivity index (χ2n) is 8.48. The van der Waals surface area contributed by atoms with Gasteiger partial charge in [0, 0.05) is 5.56 Å². The number of hydrogen-bond donors (Lipinski definition) is 1. The van der Waals surface area contributed by atoms with E-state index >= 15 is 0 Å². The molecule has 0 spiro atoms. The summed E-state index contributed by atoms with van der Waals surface area (Å²) in [6.07, 6.45) is 4.59. The van der Waals surface area contributed by atoms with E-state index in [4.69, 9.17) is 13.9 Å². The first-order valence-corrected chi connectivity index (χ1v) is 11.8. The summed E-state index contributed by atoms with van der Waals surface area (Å²) < 4.78 is 30.5. The molecule has 1 unspecified atom stereocenters. The molecule has 188 valence electrons. The molecule has 4 rings (SSSR count). The van der Waals surface area contributed by atoms with Gasteiger partial charge in [-0.15, -0.1) is 0 Å². The summed E-state index contributed by atoms with van der Waals surface area (Å²) in [4.78, 5) is 27.5. The van der Waals surface area contributed by atoms with E-state index < -0.39 is 29.3 Å². The van der Waals surface area contributed by atoms with Gasteiger partial charge in [-0.2, -0.15) is 0 Å². The van der Waals surface area contributed by atoms with Crippen molar-refractivity contribution in [1.82, 2.24) is 4.90 Å². The van der Waals surface area contributed by atoms with Gasteiger partial charge in [0.1, 0.15) is 17.3 Å². The predicted molar refractivity (Wildman–Crippen MR) is 131 cm³/mol. The highest BCUT2D eigenvalue weighted by Crippen LogP contribution is 2.41. The number of carbonyl (C=O) groups is 2. The number of furan rings is 1. The second-order valence-corrected chi connectivity index (χ2v) is 8.48. The van der Waals surface area contributed by atoms with Gasteiger partial charge in [0.25, 0.3) is 11.7 Å². The first kappa shape index (κ1) is 25.0. The lowest BCUT2D eigenvalue weighted by atomic mass is 9.95. The molecule has 3 aromatic rings. The zero-order valence-electron chi connectivity index (χ0n) is 20.2. The van der Waals surface area contributed by atoms with Crippen LogP contribution >= 0.6 is 0 Å². The van der Waals surface area contributed by atoms with Crippen LogP contribution in [0.2, 0.25) is 0 Å². The van der Waals surface area contributed by atoms with Gasteiger partial charge in [-0.25, -0.2) is 4.39 Å². The number of unbranched alkanes of at least 4 members (excludes halogenated alkanes) is 2. The molecule has 0 saturated carbocycles. The molecule has 36 heavy (non-hydrogen) atoms. The molecule has 1 N–H and O–H groups in total. The van der Waals surface area contributed by atoms with Crippen LogP contribution in [0.1, 0.15) is 49.1 Å². The Balaban J connectivity index is 1.73. The Labute approximate surface area is 208 Å². The Morgan fingerprint density at radius 3 is 2.53 bits per heavy atom. The summed E-state index contributed by atoms with van der Waals surface area (Å²) in [5.41, 5.74) is 0.523. The van der Waals surface area contributed by atoms with E-state index in [9.17, 15) is 19.1 Å². The number of hydrogen-bond acceptors (Lipinski definition) is 6. The van der Waals surface area contributed by atoms with E-state index in [1.54, 1.807) is 36.4 Å². The third-order valence-electron chi connectivity index (χ3n) is 6.08. The number of likely N-dealkylation sites (tertiary alicyclic amines) is 1. The molecule has 0 bridgehead atoms. The molecule has 1 fully saturated rings. The fraction of sp³-hybridized carbons (Fsp3) is 0.286. The van der Waals surface area contributed by atoms with Crippen LogP contribution in [0.5, 0.6) is 11.5 Å². The van der Waals surface area contributed by atoms with Gasteiger partial charge in [-0.3, -0.25) is 9.59 Å². The van der Waals surface area contributed by atoms with Crippen molar-refractivity contribution < 1.29 is 33.0 Å². The average molecular weight is 494 g/mol. The van der Waals surface area contributed by atoms with E-state index in [2.05, 4.69) is 6.92 Å². The highest BCUT2D eigenvalue weighted by molar-refractivity contribution is 6.46. The predicted octanol–water partition coefficient (Wildman–Crippen LogP) is 5.62. The average Bonchev–Trinajstić information content (AvgIpc) is 3.49. The van der Waals surface area contributed by atoms with Gasteiger partial charge in [-0.1, -0.05) is 31.9 Å². The summed E-state index contributed by atoms with van der Waals surface area (Å²) in [7, 11) is 1.33. The Morgan fingerprint density at radius 1 is 1.11 bits per heavy atom. The minimum absolute atomic E-state index is 0.00380. The van der Waals surface area contributed by atoms with E-state index in [0.29, 0.717) is 23.7 Å². The number of Topliss-reactive ketones (excluding diaryl/α,β-unsaturated/α-hetero) is 1. The van der Waals surface area contributed by atoms with Crippen molar-refractivity contribution in [1.29, 1.82) is 0 Å². The lowest BCUT2D eigenvalue weighted by molar-refractivity contribution is -0.140. The van der Waals surface area contributed by atoms with Gasteiger partial charge < -0.3 is 23.9 Å². The molecule has 1 saturated heterocycles. The number of benzene rings is 2. The van der Waals surface area contributed by atoms with Crippen LogP contribution in [0.4, 0.5) is 4.39 Å². The van der Waals surface area contributed by atoms with Crippen molar-refractivity contribution in [3.05, 3.63) is 89.1 Å². The maximum Gasteiger partial charge on any atom is 0.296 e. The fourth-order valence-electron chi connectivity index (χ4n) is 4.22. The van der Waals surface area contributed by atoms with Crippen LogP contribution in [0.25, 0.3) is 5.76 Å². The quantitative estimate of drug-likeness (QED) is 0.171. The van der Waals surface area contributed by atoms with Gasteiger partial charge in [0.05, 0.1) is 38.1 Å². The molecule has 1 atom stereocenters. The Hall–Kier alpha value is -4.07. The van der Waals surface area contributed by atoms with Gasteiger partial charge in [-0.05, 0) is 54.4 Å². The topological polar surface area (TPSA) is 89.2 Å². The Bertz CT molecular complexity index is 1250. The lowest BCUT2D eigenvalue weighted by Crippen LogP contribution is -2.29. The van der Waals surface area contributed by atoms with Crippen molar-refractivity contribution in [2.75, 3.05) is 13.7 Å². The zero-order valence-corrected chi connectivity index (χ0v) is 20.2. The van der Waals surface area contributed by atoms with Crippen molar-refractivity contribution in [3.63, 3.8) is 0 Å². The molecule has 0 radical (unpaired) electrons. The summed E-state index contributed by atoms with van der Waals surface area (Å²) in [6, 6.07) is 13.4. The van der Waals surface area contributed by atoms with Crippen molar-refractivity contribution in [2.24, 2.45) is 0 Å². The molecule has 1 aromatic heterocycles. The Morgan fingerprint density at radius 2 is 1.89 bits per heavy atom. The number of amides is 1. The fourth-order valence-corrected chi connectivity index (χ4v) is 4.22. The number of halogens is 1. The standard InChI is InChI=1S/C28H28FNO6/c1-3-4-5-14-35-20-11-8-18(9-12-20)25-24(26(31)19-10-13-23(34-2)22(29)16-19)27(32)28(33)30(25)17-21-7-6-15-36-21/h6-13,15-16,25,31H,3-5,14,17H2,1-2H3. The zero-order chi connectivity index (χ0) is 25.7. The number of carbonyl (C=O) groups excluding carboxylic acids is 2. The monoisotopic (exact) mass is 493 g/mol. The number of methoxy groups -OCH3 is 1. The smallest absolute Gasteiger partial charge is 0.296 e. The molecule has 0 aliphatic carbocycles. The third kappa shape index (κ3) is 5.12. The molecule has 8 heteroatoms. The van der Waals surface area contributed by atoms with E-state index in [-0.39, 0.29) is 23.4 Å². The Kier molecular flexibility index (Phi) is 7.73. The molecule has 2 aromatic carbocycles. The van der Waals surface area contributed by atoms with Crippen molar-refractivity contribution in [3.8, 4) is 11.5 Å². The number of rotatable bonds is 10. The van der Waals surface area contributed by atoms with E-state index in [0.717, 1.165) is 25.3 Å². The summed E-state index contributed by atoms with van der Waals surface area (Å²) in [5, 5.41) is 11.1. The number of aliphatic hydroxyl groups is 1. The van der Waals surface area contributed by atoms with E-state index in [1.165, 1.54) is 30.4 Å². The second kappa shape index (κ2) is 11.1. The molecule has 1 amide bonds. The summed E-state index contributed by atoms with van der Waals surface area (Å²) in [6.45, 7) is 2.73.